The summed E-state index contributed by atoms with van der Waals surface area (Å²) in [5.41, 5.74) is 6.97. The van der Waals surface area contributed by atoms with Crippen molar-refractivity contribution in [2.45, 2.75) is 40.7 Å². The van der Waals surface area contributed by atoms with Gasteiger partial charge in [-0.05, 0) is 74.2 Å². The molecule has 3 aromatic rings. The van der Waals surface area contributed by atoms with E-state index in [0.717, 1.165) is 40.3 Å². The van der Waals surface area contributed by atoms with Gasteiger partial charge >= 0.3 is 5.97 Å². The fraction of sp³-hybridized carbons (Fsp3) is 0.257. The first-order chi connectivity index (χ1) is 20.7. The summed E-state index contributed by atoms with van der Waals surface area (Å²) >= 11 is 7.33. The Morgan fingerprint density at radius 3 is 2.37 bits per heavy atom. The van der Waals surface area contributed by atoms with Gasteiger partial charge in [-0.25, -0.2) is 4.98 Å². The Morgan fingerprint density at radius 2 is 1.84 bits per heavy atom. The van der Waals surface area contributed by atoms with Crippen LogP contribution in [-0.4, -0.2) is 32.8 Å². The summed E-state index contributed by atoms with van der Waals surface area (Å²) in [4.78, 5) is 16.3. The highest BCUT2D eigenvalue weighted by atomic mass is 35.5. The van der Waals surface area contributed by atoms with Crippen LogP contribution in [0.4, 0.5) is 0 Å². The van der Waals surface area contributed by atoms with Crippen LogP contribution in [0.2, 0.25) is 0 Å². The van der Waals surface area contributed by atoms with Crippen molar-refractivity contribution in [2.24, 2.45) is 5.92 Å². The lowest BCUT2D eigenvalue weighted by Gasteiger charge is -2.15. The molecule has 1 heterocycles. The van der Waals surface area contributed by atoms with Gasteiger partial charge < -0.3 is 19.1 Å². The summed E-state index contributed by atoms with van der Waals surface area (Å²) in [6, 6.07) is 16.4. The second-order valence-corrected chi connectivity index (χ2v) is 10.8. The molecule has 0 fully saturated rings. The molecule has 0 bridgehead atoms. The zero-order chi connectivity index (χ0) is 31.4. The van der Waals surface area contributed by atoms with E-state index >= 15 is 0 Å². The number of aromatic nitrogens is 2. The first-order valence-electron chi connectivity index (χ1n) is 14.1. The number of aliphatic carboxylic acids is 1. The van der Waals surface area contributed by atoms with Crippen molar-refractivity contribution in [3.63, 3.8) is 0 Å². The summed E-state index contributed by atoms with van der Waals surface area (Å²) < 4.78 is 11.4. The number of allylic oxidation sites excluding steroid dienone is 6. The molecule has 2 aromatic carbocycles. The SMILES string of the molecule is C=C/C=C(\C(C)=C/CCl)c1cn(CC)c(Cc2ccc(-c3ccc(OC(=C/C)/C(=C\C(C)C(=O)O)NSC)cc3)cc2)n1. The van der Waals surface area contributed by atoms with Gasteiger partial charge in [0.2, 0.25) is 0 Å². The summed E-state index contributed by atoms with van der Waals surface area (Å²) in [5.74, 6) is 1.12. The van der Waals surface area contributed by atoms with E-state index < -0.39 is 11.9 Å². The molecule has 6 nitrogen and oxygen atoms in total. The molecule has 0 aliphatic rings. The van der Waals surface area contributed by atoms with Crippen molar-refractivity contribution in [3.05, 3.63) is 126 Å². The largest absolute Gasteiger partial charge is 0.481 e. The van der Waals surface area contributed by atoms with Gasteiger partial charge in [0.15, 0.2) is 0 Å². The Labute approximate surface area is 264 Å². The van der Waals surface area contributed by atoms with Gasteiger partial charge in [-0.3, -0.25) is 4.79 Å². The zero-order valence-corrected chi connectivity index (χ0v) is 27.0. The third-order valence-electron chi connectivity index (χ3n) is 6.85. The number of carboxylic acid groups (broad SMARTS) is 1. The van der Waals surface area contributed by atoms with Gasteiger partial charge in [-0.15, -0.1) is 11.6 Å². The molecule has 0 aliphatic carbocycles. The van der Waals surface area contributed by atoms with Gasteiger partial charge in [-0.1, -0.05) is 73.2 Å². The van der Waals surface area contributed by atoms with Gasteiger partial charge in [-0.2, -0.15) is 0 Å². The number of rotatable bonds is 15. The number of ether oxygens (including phenoxy) is 1. The third kappa shape index (κ3) is 9.27. The van der Waals surface area contributed by atoms with E-state index in [1.54, 1.807) is 19.1 Å². The first kappa shape index (κ1) is 33.6. The van der Waals surface area contributed by atoms with Crippen molar-refractivity contribution >= 4 is 35.1 Å². The number of hydrogen-bond acceptors (Lipinski definition) is 5. The van der Waals surface area contributed by atoms with E-state index in [4.69, 9.17) is 21.3 Å². The Bertz CT molecular complexity index is 1520. The molecule has 43 heavy (non-hydrogen) atoms. The minimum absolute atomic E-state index is 0.447. The predicted molar refractivity (Wildman–Crippen MR) is 181 cm³/mol. The first-order valence-corrected chi connectivity index (χ1v) is 15.9. The number of benzene rings is 2. The average Bonchev–Trinajstić information content (AvgIpc) is 3.41. The standard InChI is InChI=1S/C35H40ClN3O3S/c1-7-10-30(24(4)19-20-36)32-23-39(9-3)34(37-32)22-26-11-13-27(14-12-26)28-15-17-29(18-16-28)42-33(8-2)31(38-43-6)21-25(5)35(40)41/h7-8,10-19,21,23,25,38H,1,9,20,22H2,2-6H3,(H,40,41)/b24-19-,30-10+,31-21+,33-8+. The number of aryl methyl sites for hydroxylation is 1. The Hall–Kier alpha value is -3.94. The van der Waals surface area contributed by atoms with Gasteiger partial charge in [0.25, 0.3) is 0 Å². The highest BCUT2D eigenvalue weighted by Crippen LogP contribution is 2.27. The average molecular weight is 618 g/mol. The molecule has 1 atom stereocenters. The van der Waals surface area contributed by atoms with Gasteiger partial charge in [0.05, 0.1) is 17.3 Å². The quantitative estimate of drug-likeness (QED) is 0.0769. The molecule has 3 rings (SSSR count). The lowest BCUT2D eigenvalue weighted by molar-refractivity contribution is -0.139. The lowest BCUT2D eigenvalue weighted by atomic mass is 10.0. The fourth-order valence-electron chi connectivity index (χ4n) is 4.47. The van der Waals surface area contributed by atoms with Crippen LogP contribution in [0, 0.1) is 5.92 Å². The molecule has 1 aromatic heterocycles. The van der Waals surface area contributed by atoms with Crippen LogP contribution in [0.3, 0.4) is 0 Å². The number of nitrogens with zero attached hydrogens (tertiary/aromatic N) is 2. The zero-order valence-electron chi connectivity index (χ0n) is 25.4. The normalized spacial score (nSPS) is 13.5. The number of alkyl halides is 1. The summed E-state index contributed by atoms with van der Waals surface area (Å²) in [5, 5.41) is 9.32. The smallest absolute Gasteiger partial charge is 0.310 e. The van der Waals surface area contributed by atoms with Crippen LogP contribution in [0.25, 0.3) is 16.7 Å². The van der Waals surface area contributed by atoms with Crippen LogP contribution < -0.4 is 9.46 Å². The van der Waals surface area contributed by atoms with Crippen molar-refractivity contribution in [3.8, 4) is 16.9 Å². The maximum atomic E-state index is 11.4. The molecule has 0 radical (unpaired) electrons. The van der Waals surface area contributed by atoms with E-state index in [1.807, 2.05) is 62.6 Å². The van der Waals surface area contributed by atoms with Crippen LogP contribution in [0.15, 0.2) is 109 Å². The number of halogens is 1. The fourth-order valence-corrected chi connectivity index (χ4v) is 5.09. The van der Waals surface area contributed by atoms with Crippen molar-refractivity contribution in [2.75, 3.05) is 12.1 Å². The van der Waals surface area contributed by atoms with E-state index in [1.165, 1.54) is 17.5 Å². The number of carboxylic acids is 1. The topological polar surface area (TPSA) is 76.4 Å². The maximum absolute atomic E-state index is 11.4. The third-order valence-corrected chi connectivity index (χ3v) is 7.42. The monoisotopic (exact) mass is 617 g/mol. The van der Waals surface area contributed by atoms with Crippen LogP contribution in [0.5, 0.6) is 5.75 Å². The molecule has 2 N–H and O–H groups in total. The number of nitrogens with one attached hydrogen (secondary N) is 1. The van der Waals surface area contributed by atoms with Gasteiger partial charge in [0.1, 0.15) is 17.3 Å². The summed E-state index contributed by atoms with van der Waals surface area (Å²) in [6.45, 7) is 12.3. The summed E-state index contributed by atoms with van der Waals surface area (Å²) in [6.07, 6.45) is 13.9. The van der Waals surface area contributed by atoms with Crippen molar-refractivity contribution < 1.29 is 14.6 Å². The Balaban J connectivity index is 1.76. The van der Waals surface area contributed by atoms with Crippen LogP contribution >= 0.6 is 23.5 Å². The molecule has 8 heteroatoms. The van der Waals surface area contributed by atoms with E-state index in [-0.39, 0.29) is 0 Å². The Kier molecular flexibility index (Phi) is 13.0. The Morgan fingerprint density at radius 1 is 1.19 bits per heavy atom. The highest BCUT2D eigenvalue weighted by molar-refractivity contribution is 7.96. The molecular formula is C35H40ClN3O3S. The summed E-state index contributed by atoms with van der Waals surface area (Å²) in [7, 11) is 0. The molecular weight excluding hydrogens is 578 g/mol. The molecule has 0 aliphatic heterocycles. The second kappa shape index (κ2) is 16.6. The highest BCUT2D eigenvalue weighted by Gasteiger charge is 2.15. The molecule has 0 amide bonds. The van der Waals surface area contributed by atoms with E-state index in [0.29, 0.717) is 29.5 Å². The van der Waals surface area contributed by atoms with Crippen LogP contribution in [0.1, 0.15) is 44.8 Å². The molecule has 0 saturated carbocycles. The van der Waals surface area contributed by atoms with Crippen LogP contribution in [-0.2, 0) is 17.8 Å². The lowest BCUT2D eigenvalue weighted by Crippen LogP contribution is -2.15. The number of hydrogen-bond donors (Lipinski definition) is 2. The predicted octanol–water partition coefficient (Wildman–Crippen LogP) is 8.67. The maximum Gasteiger partial charge on any atom is 0.310 e. The number of imidazole rings is 1. The molecule has 226 valence electrons. The second-order valence-electron chi connectivity index (χ2n) is 9.85. The molecule has 1 unspecified atom stereocenters. The molecule has 0 saturated heterocycles. The van der Waals surface area contributed by atoms with Crippen molar-refractivity contribution in [1.82, 2.24) is 14.3 Å². The van der Waals surface area contributed by atoms with E-state index in [9.17, 15) is 9.90 Å². The minimum atomic E-state index is -0.896. The van der Waals surface area contributed by atoms with Crippen molar-refractivity contribution in [1.29, 1.82) is 0 Å². The minimum Gasteiger partial charge on any atom is -0.481 e. The molecule has 0 spiro atoms. The number of carbonyl (C=O) groups is 1. The van der Waals surface area contributed by atoms with E-state index in [2.05, 4.69) is 53.3 Å². The van der Waals surface area contributed by atoms with Gasteiger partial charge in [0, 0.05) is 36.9 Å².